The van der Waals surface area contributed by atoms with Crippen molar-refractivity contribution < 1.29 is 14.5 Å². The van der Waals surface area contributed by atoms with Crippen LogP contribution in [0.2, 0.25) is 0 Å². The lowest BCUT2D eigenvalue weighted by atomic mass is 10.1. The van der Waals surface area contributed by atoms with Gasteiger partial charge in [-0.05, 0) is 25.0 Å². The molecule has 112 valence electrons. The minimum atomic E-state index is -0.391. The largest absolute Gasteiger partial charge is 0.489 e. The van der Waals surface area contributed by atoms with Gasteiger partial charge in [0.25, 0.3) is 5.69 Å². The number of Topliss-reactive ketones (excluding diaryl/α,β-unsaturated/α-hetero) is 1. The highest BCUT2D eigenvalue weighted by Crippen LogP contribution is 2.31. The zero-order valence-electron chi connectivity index (χ0n) is 12.2. The van der Waals surface area contributed by atoms with Crippen LogP contribution in [0.1, 0.15) is 33.5 Å². The molecule has 0 spiro atoms. The van der Waals surface area contributed by atoms with Gasteiger partial charge in [0.05, 0.1) is 4.92 Å². The molecule has 1 aliphatic carbocycles. The molecule has 3 rings (SSSR count). The van der Waals surface area contributed by atoms with E-state index in [9.17, 15) is 14.9 Å². The first kappa shape index (κ1) is 14.3. The fourth-order valence-corrected chi connectivity index (χ4v) is 2.77. The molecule has 2 aromatic rings. The van der Waals surface area contributed by atoms with Gasteiger partial charge in [0.2, 0.25) is 0 Å². The van der Waals surface area contributed by atoms with Crippen LogP contribution in [-0.2, 0) is 13.0 Å². The molecule has 0 aromatic heterocycles. The average molecular weight is 297 g/mol. The summed E-state index contributed by atoms with van der Waals surface area (Å²) in [6.45, 7) is 1.97. The van der Waals surface area contributed by atoms with Gasteiger partial charge in [0.15, 0.2) is 5.78 Å². The smallest absolute Gasteiger partial charge is 0.272 e. The van der Waals surface area contributed by atoms with Gasteiger partial charge in [-0.1, -0.05) is 24.3 Å². The number of hydrogen-bond acceptors (Lipinski definition) is 4. The number of fused-ring (bicyclic) bond motifs is 1. The van der Waals surface area contributed by atoms with E-state index in [4.69, 9.17) is 4.74 Å². The normalized spacial score (nSPS) is 13.0. The Bertz CT molecular complexity index is 767. The van der Waals surface area contributed by atoms with Crippen molar-refractivity contribution in [3.05, 3.63) is 68.8 Å². The van der Waals surface area contributed by atoms with Crippen molar-refractivity contribution in [2.24, 2.45) is 0 Å². The van der Waals surface area contributed by atoms with Crippen LogP contribution in [-0.4, -0.2) is 10.7 Å². The van der Waals surface area contributed by atoms with Crippen molar-refractivity contribution in [2.75, 3.05) is 0 Å². The molecule has 0 radical (unpaired) electrons. The van der Waals surface area contributed by atoms with Crippen molar-refractivity contribution in [1.29, 1.82) is 0 Å². The summed E-state index contributed by atoms with van der Waals surface area (Å²) in [5, 5.41) is 11.0. The van der Waals surface area contributed by atoms with Crippen molar-refractivity contribution in [3.63, 3.8) is 0 Å². The number of ketones is 1. The Hall–Kier alpha value is -2.69. The van der Waals surface area contributed by atoms with Gasteiger partial charge < -0.3 is 4.74 Å². The molecule has 22 heavy (non-hydrogen) atoms. The van der Waals surface area contributed by atoms with Crippen molar-refractivity contribution in [3.8, 4) is 5.75 Å². The van der Waals surface area contributed by atoms with E-state index in [2.05, 4.69) is 0 Å². The maximum Gasteiger partial charge on any atom is 0.272 e. The Balaban J connectivity index is 1.84. The lowest BCUT2D eigenvalue weighted by molar-refractivity contribution is -0.385. The summed E-state index contributed by atoms with van der Waals surface area (Å²) < 4.78 is 5.82. The van der Waals surface area contributed by atoms with Crippen LogP contribution in [0.25, 0.3) is 0 Å². The van der Waals surface area contributed by atoms with Crippen LogP contribution >= 0.6 is 0 Å². The van der Waals surface area contributed by atoms with Crippen LogP contribution in [0.3, 0.4) is 0 Å². The minimum Gasteiger partial charge on any atom is -0.489 e. The van der Waals surface area contributed by atoms with Crippen molar-refractivity contribution in [2.45, 2.75) is 26.4 Å². The Kier molecular flexibility index (Phi) is 3.63. The van der Waals surface area contributed by atoms with Gasteiger partial charge in [-0.25, -0.2) is 0 Å². The minimum absolute atomic E-state index is 0.0922. The van der Waals surface area contributed by atoms with Gasteiger partial charge >= 0.3 is 0 Å². The van der Waals surface area contributed by atoms with E-state index in [-0.39, 0.29) is 18.1 Å². The number of benzene rings is 2. The first-order valence-corrected chi connectivity index (χ1v) is 7.08. The predicted octanol–water partition coefficient (Wildman–Crippen LogP) is 3.61. The Morgan fingerprint density at radius 3 is 2.73 bits per heavy atom. The van der Waals surface area contributed by atoms with Gasteiger partial charge in [-0.2, -0.15) is 0 Å². The number of carbonyl (C=O) groups excluding carboxylic acids is 1. The summed E-state index contributed by atoms with van der Waals surface area (Å²) in [6.07, 6.45) is 1.21. The predicted molar refractivity (Wildman–Crippen MR) is 81.3 cm³/mol. The molecule has 0 N–H and O–H groups in total. The molecule has 1 aliphatic rings. The second-order valence-electron chi connectivity index (χ2n) is 5.31. The average Bonchev–Trinajstić information content (AvgIpc) is 2.88. The molecular formula is C17H15NO4. The number of nitrogens with zero attached hydrogens (tertiary/aromatic N) is 1. The third-order valence-corrected chi connectivity index (χ3v) is 4.03. The van der Waals surface area contributed by atoms with E-state index < -0.39 is 4.92 Å². The fourth-order valence-electron chi connectivity index (χ4n) is 2.77. The molecule has 0 saturated heterocycles. The quantitative estimate of drug-likeness (QED) is 0.638. The summed E-state index contributed by atoms with van der Waals surface area (Å²) in [5.41, 5.74) is 3.14. The van der Waals surface area contributed by atoms with Crippen molar-refractivity contribution >= 4 is 11.5 Å². The summed E-state index contributed by atoms with van der Waals surface area (Å²) in [7, 11) is 0. The van der Waals surface area contributed by atoms with Gasteiger partial charge in [-0.3, -0.25) is 14.9 Å². The zero-order valence-corrected chi connectivity index (χ0v) is 12.2. The van der Waals surface area contributed by atoms with E-state index in [0.29, 0.717) is 24.2 Å². The summed E-state index contributed by atoms with van der Waals surface area (Å²) in [5.74, 6) is 0.834. The SMILES string of the molecule is Cc1c(COc2cccc3c2CCC3=O)cccc1[N+](=O)[O-]. The van der Waals surface area contributed by atoms with E-state index in [1.165, 1.54) is 6.07 Å². The van der Waals surface area contributed by atoms with Crippen LogP contribution < -0.4 is 4.74 Å². The molecule has 0 aliphatic heterocycles. The standard InChI is InChI=1S/C17H15NO4/c1-11-12(4-2-6-15(11)18(20)21)10-22-17-7-3-5-13-14(17)8-9-16(13)19/h2-7H,8-10H2,1H3. The first-order chi connectivity index (χ1) is 10.6. The molecule has 0 heterocycles. The number of nitro benzene ring substituents is 1. The third kappa shape index (κ3) is 2.45. The van der Waals surface area contributed by atoms with E-state index in [1.54, 1.807) is 19.1 Å². The lowest BCUT2D eigenvalue weighted by Gasteiger charge is -2.12. The maximum atomic E-state index is 11.7. The van der Waals surface area contributed by atoms with Crippen LogP contribution in [0.15, 0.2) is 36.4 Å². The second-order valence-corrected chi connectivity index (χ2v) is 5.31. The van der Waals surface area contributed by atoms with E-state index in [1.807, 2.05) is 18.2 Å². The summed E-state index contributed by atoms with van der Waals surface area (Å²) in [4.78, 5) is 22.3. The Morgan fingerprint density at radius 2 is 1.95 bits per heavy atom. The van der Waals surface area contributed by atoms with Gasteiger partial charge in [-0.15, -0.1) is 0 Å². The summed E-state index contributed by atoms with van der Waals surface area (Å²) in [6, 6.07) is 10.4. The summed E-state index contributed by atoms with van der Waals surface area (Å²) >= 11 is 0. The molecule has 0 bridgehead atoms. The number of rotatable bonds is 4. The number of hydrogen-bond donors (Lipinski definition) is 0. The topological polar surface area (TPSA) is 69.4 Å². The number of ether oxygens (including phenoxy) is 1. The van der Waals surface area contributed by atoms with E-state index >= 15 is 0 Å². The van der Waals surface area contributed by atoms with Crippen LogP contribution in [0.4, 0.5) is 5.69 Å². The molecular weight excluding hydrogens is 282 g/mol. The van der Waals surface area contributed by atoms with Gasteiger partial charge in [0.1, 0.15) is 12.4 Å². The highest BCUT2D eigenvalue weighted by atomic mass is 16.6. The molecule has 0 fully saturated rings. The third-order valence-electron chi connectivity index (χ3n) is 4.03. The number of nitro groups is 1. The molecule has 0 atom stereocenters. The fraction of sp³-hybridized carbons (Fsp3) is 0.235. The van der Waals surface area contributed by atoms with E-state index in [0.717, 1.165) is 16.7 Å². The molecule has 0 amide bonds. The van der Waals surface area contributed by atoms with Gasteiger partial charge in [0, 0.05) is 29.2 Å². The lowest BCUT2D eigenvalue weighted by Crippen LogP contribution is -2.02. The number of carbonyl (C=O) groups is 1. The maximum absolute atomic E-state index is 11.7. The molecule has 2 aromatic carbocycles. The Labute approximate surface area is 127 Å². The molecule has 0 saturated carbocycles. The van der Waals surface area contributed by atoms with Crippen LogP contribution in [0, 0.1) is 17.0 Å². The Morgan fingerprint density at radius 1 is 1.18 bits per heavy atom. The first-order valence-electron chi connectivity index (χ1n) is 7.08. The highest BCUT2D eigenvalue weighted by molar-refractivity contribution is 6.01. The monoisotopic (exact) mass is 297 g/mol. The van der Waals surface area contributed by atoms with Crippen LogP contribution in [0.5, 0.6) is 5.75 Å². The highest BCUT2D eigenvalue weighted by Gasteiger charge is 2.22. The molecule has 5 nitrogen and oxygen atoms in total. The van der Waals surface area contributed by atoms with Crippen molar-refractivity contribution in [1.82, 2.24) is 0 Å². The zero-order chi connectivity index (χ0) is 15.7. The second kappa shape index (κ2) is 5.60. The molecule has 5 heteroatoms. The molecule has 0 unspecified atom stereocenters.